The van der Waals surface area contributed by atoms with Crippen LogP contribution < -0.4 is 10.2 Å². The van der Waals surface area contributed by atoms with E-state index in [1.54, 1.807) is 13.0 Å². The maximum absolute atomic E-state index is 13.1. The summed E-state index contributed by atoms with van der Waals surface area (Å²) in [6.07, 6.45) is -4.32. The van der Waals surface area contributed by atoms with Gasteiger partial charge in [0, 0.05) is 39.3 Å². The maximum atomic E-state index is 13.1. The Hall–Kier alpha value is -3.23. The highest BCUT2D eigenvalue weighted by atomic mass is 19.4. The molecule has 6 nitrogen and oxygen atoms in total. The first-order chi connectivity index (χ1) is 15.2. The van der Waals surface area contributed by atoms with Gasteiger partial charge in [0.05, 0.1) is 17.8 Å². The summed E-state index contributed by atoms with van der Waals surface area (Å²) >= 11 is 0. The van der Waals surface area contributed by atoms with Crippen molar-refractivity contribution < 1.29 is 22.8 Å². The number of anilines is 1. The van der Waals surface area contributed by atoms with E-state index < -0.39 is 11.7 Å². The van der Waals surface area contributed by atoms with Crippen LogP contribution in [0.3, 0.4) is 0 Å². The Morgan fingerprint density at radius 3 is 2.53 bits per heavy atom. The van der Waals surface area contributed by atoms with Crippen molar-refractivity contribution >= 4 is 17.4 Å². The molecular weight excluding hydrogens is 421 g/mol. The summed E-state index contributed by atoms with van der Waals surface area (Å²) in [7, 11) is 3.92. The molecule has 0 aromatic heterocycles. The zero-order chi connectivity index (χ0) is 23.3. The molecule has 2 aromatic rings. The molecule has 0 fully saturated rings. The zero-order valence-corrected chi connectivity index (χ0v) is 18.3. The van der Waals surface area contributed by atoms with Crippen molar-refractivity contribution in [1.82, 2.24) is 10.2 Å². The Balaban J connectivity index is 1.68. The highest BCUT2D eigenvalue weighted by Gasteiger charge is 2.31. The van der Waals surface area contributed by atoms with Crippen molar-refractivity contribution in [3.05, 3.63) is 65.2 Å². The van der Waals surface area contributed by atoms with Crippen molar-refractivity contribution in [3.63, 3.8) is 0 Å². The quantitative estimate of drug-likeness (QED) is 0.679. The summed E-state index contributed by atoms with van der Waals surface area (Å²) in [6, 6.07) is 12.5. The molecule has 1 aliphatic rings. The van der Waals surface area contributed by atoms with E-state index in [1.807, 2.05) is 43.3 Å². The smallest absolute Gasteiger partial charge is 0.390 e. The molecule has 0 radical (unpaired) electrons. The van der Waals surface area contributed by atoms with Gasteiger partial charge in [-0.1, -0.05) is 29.4 Å². The molecule has 1 heterocycles. The second kappa shape index (κ2) is 9.93. The van der Waals surface area contributed by atoms with E-state index in [-0.39, 0.29) is 25.2 Å². The Morgan fingerprint density at radius 1 is 1.19 bits per heavy atom. The molecule has 32 heavy (non-hydrogen) atoms. The third-order valence-corrected chi connectivity index (χ3v) is 5.12. The van der Waals surface area contributed by atoms with Gasteiger partial charge in [-0.05, 0) is 42.3 Å². The molecule has 9 heteroatoms. The third-order valence-electron chi connectivity index (χ3n) is 5.12. The number of urea groups is 1. The summed E-state index contributed by atoms with van der Waals surface area (Å²) in [5, 5.41) is 6.88. The number of nitrogens with one attached hydrogen (secondary N) is 1. The Morgan fingerprint density at radius 2 is 1.91 bits per heavy atom. The molecule has 172 valence electrons. The highest BCUT2D eigenvalue weighted by molar-refractivity contribution is 6.01. The molecular formula is C23H27F3N4O2. The Bertz CT molecular complexity index is 958. The van der Waals surface area contributed by atoms with Crippen molar-refractivity contribution in [2.45, 2.75) is 32.2 Å². The van der Waals surface area contributed by atoms with Gasteiger partial charge in [0.15, 0.2) is 6.10 Å². The lowest BCUT2D eigenvalue weighted by Gasteiger charge is -2.25. The number of oxime groups is 1. The number of nitrogens with zero attached hydrogens (tertiary/aromatic N) is 3. The molecule has 0 bridgehead atoms. The second-order valence-electron chi connectivity index (χ2n) is 7.82. The molecule has 0 saturated carbocycles. The lowest BCUT2D eigenvalue weighted by atomic mass is 10.0. The highest BCUT2D eigenvalue weighted by Crippen LogP contribution is 2.30. The summed E-state index contributed by atoms with van der Waals surface area (Å²) in [5.41, 5.74) is 2.42. The minimum Gasteiger partial charge on any atom is -0.390 e. The van der Waals surface area contributed by atoms with Crippen LogP contribution in [0.1, 0.15) is 30.0 Å². The molecule has 1 atom stereocenters. The topological polar surface area (TPSA) is 57.2 Å². The average molecular weight is 448 g/mol. The van der Waals surface area contributed by atoms with Crippen LogP contribution >= 0.6 is 0 Å². The number of alkyl halides is 3. The second-order valence-corrected chi connectivity index (χ2v) is 7.82. The fourth-order valence-corrected chi connectivity index (χ4v) is 3.44. The van der Waals surface area contributed by atoms with Crippen LogP contribution in [0.2, 0.25) is 0 Å². The zero-order valence-electron chi connectivity index (χ0n) is 18.3. The normalized spacial score (nSPS) is 15.7. The molecule has 0 saturated heterocycles. The van der Waals surface area contributed by atoms with Gasteiger partial charge >= 0.3 is 12.2 Å². The monoisotopic (exact) mass is 448 g/mol. The fraction of sp³-hybridized carbons (Fsp3) is 0.391. The average Bonchev–Trinajstić information content (AvgIpc) is 3.22. The molecule has 0 aliphatic carbocycles. The Kier molecular flexibility index (Phi) is 7.27. The molecule has 1 unspecified atom stereocenters. The van der Waals surface area contributed by atoms with Crippen LogP contribution in [0.15, 0.2) is 53.7 Å². The lowest BCUT2D eigenvalue weighted by molar-refractivity contribution is -0.137. The van der Waals surface area contributed by atoms with E-state index in [9.17, 15) is 18.0 Å². The van der Waals surface area contributed by atoms with Gasteiger partial charge in [0.25, 0.3) is 0 Å². The van der Waals surface area contributed by atoms with Gasteiger partial charge in [-0.15, -0.1) is 0 Å². The van der Waals surface area contributed by atoms with E-state index in [1.165, 1.54) is 11.0 Å². The molecule has 0 spiro atoms. The third kappa shape index (κ3) is 5.93. The van der Waals surface area contributed by atoms with E-state index in [4.69, 9.17) is 4.84 Å². The van der Waals surface area contributed by atoms with Crippen molar-refractivity contribution in [3.8, 4) is 0 Å². The van der Waals surface area contributed by atoms with Crippen LogP contribution in [0.5, 0.6) is 0 Å². The largest absolute Gasteiger partial charge is 0.416 e. The molecule has 2 aromatic carbocycles. The number of hydrogen-bond donors (Lipinski definition) is 1. The number of amides is 2. The van der Waals surface area contributed by atoms with Crippen molar-refractivity contribution in [2.24, 2.45) is 5.16 Å². The SMILES string of the molecule is CCNC(=O)N(Cc1cccc(C(F)(F)F)c1)CC1CC(c2ccc(N(C)C)cc2)=NO1. The minimum atomic E-state index is -4.44. The predicted octanol–water partition coefficient (Wildman–Crippen LogP) is 4.50. The molecule has 1 N–H and O–H groups in total. The first kappa shape index (κ1) is 23.4. The summed E-state index contributed by atoms with van der Waals surface area (Å²) in [5.74, 6) is 0. The van der Waals surface area contributed by atoms with Crippen LogP contribution in [-0.2, 0) is 17.6 Å². The van der Waals surface area contributed by atoms with Gasteiger partial charge in [0.1, 0.15) is 0 Å². The standard InChI is InChI=1S/C23H27F3N4O2/c1-4-27-22(31)30(14-16-6-5-7-18(12-16)23(24,25)26)15-20-13-21(28-32-20)17-8-10-19(11-9-17)29(2)3/h5-12,20H,4,13-15H2,1-3H3,(H,27,31). The number of halogens is 3. The summed E-state index contributed by atoms with van der Waals surface area (Å²) < 4.78 is 39.2. The first-order valence-electron chi connectivity index (χ1n) is 10.4. The van der Waals surface area contributed by atoms with Crippen LogP contribution in [0.25, 0.3) is 0 Å². The predicted molar refractivity (Wildman–Crippen MR) is 118 cm³/mol. The lowest BCUT2D eigenvalue weighted by Crippen LogP contribution is -2.43. The van der Waals surface area contributed by atoms with Crippen molar-refractivity contribution in [2.75, 3.05) is 32.1 Å². The number of carbonyl (C=O) groups is 1. The van der Waals surface area contributed by atoms with Gasteiger partial charge in [-0.3, -0.25) is 0 Å². The molecule has 2 amide bonds. The minimum absolute atomic E-state index is 0.0302. The molecule has 3 rings (SSSR count). The van der Waals surface area contributed by atoms with E-state index in [0.717, 1.165) is 29.1 Å². The maximum Gasteiger partial charge on any atom is 0.416 e. The first-order valence-corrected chi connectivity index (χ1v) is 10.4. The number of benzene rings is 2. The van der Waals surface area contributed by atoms with E-state index >= 15 is 0 Å². The molecule has 1 aliphatic heterocycles. The van der Waals surface area contributed by atoms with Crippen molar-refractivity contribution in [1.29, 1.82) is 0 Å². The van der Waals surface area contributed by atoms with Crippen LogP contribution in [0.4, 0.5) is 23.7 Å². The van der Waals surface area contributed by atoms with E-state index in [0.29, 0.717) is 18.5 Å². The van der Waals surface area contributed by atoms with Gasteiger partial charge < -0.3 is 20.0 Å². The number of rotatable bonds is 7. The number of hydrogen-bond acceptors (Lipinski definition) is 4. The number of carbonyl (C=O) groups excluding carboxylic acids is 1. The fourth-order valence-electron chi connectivity index (χ4n) is 3.44. The Labute approximate surface area is 185 Å². The van der Waals surface area contributed by atoms with Gasteiger partial charge in [-0.2, -0.15) is 13.2 Å². The van der Waals surface area contributed by atoms with Gasteiger partial charge in [0.2, 0.25) is 0 Å². The van der Waals surface area contributed by atoms with Crippen LogP contribution in [0, 0.1) is 0 Å². The van der Waals surface area contributed by atoms with Gasteiger partial charge in [-0.25, -0.2) is 4.79 Å². The summed E-state index contributed by atoms with van der Waals surface area (Å²) in [4.78, 5) is 21.6. The van der Waals surface area contributed by atoms with Crippen LogP contribution in [-0.4, -0.2) is 49.9 Å². The van der Waals surface area contributed by atoms with E-state index in [2.05, 4.69) is 10.5 Å². The summed E-state index contributed by atoms with van der Waals surface area (Å²) in [6.45, 7) is 2.42.